The van der Waals surface area contributed by atoms with E-state index in [-0.39, 0.29) is 17.2 Å². The van der Waals surface area contributed by atoms with Gasteiger partial charge in [-0.1, -0.05) is 36.7 Å². The summed E-state index contributed by atoms with van der Waals surface area (Å²) in [5.41, 5.74) is 0.105. The van der Waals surface area contributed by atoms with Crippen molar-refractivity contribution < 1.29 is 17.9 Å². The lowest BCUT2D eigenvalue weighted by atomic mass is 10.0. The van der Waals surface area contributed by atoms with E-state index in [1.165, 1.54) is 18.2 Å². The van der Waals surface area contributed by atoms with Crippen molar-refractivity contribution in [2.24, 2.45) is 0 Å². The second-order valence-electron chi connectivity index (χ2n) is 5.77. The predicted octanol–water partition coefficient (Wildman–Crippen LogP) is 6.60. The Bertz CT molecular complexity index is 853. The highest BCUT2D eigenvalue weighted by atomic mass is 35.5. The van der Waals surface area contributed by atoms with Gasteiger partial charge in [-0.3, -0.25) is 0 Å². The summed E-state index contributed by atoms with van der Waals surface area (Å²) < 4.78 is 44.3. The molecule has 2 nitrogen and oxygen atoms in total. The van der Waals surface area contributed by atoms with Crippen molar-refractivity contribution in [2.75, 3.05) is 0 Å². The van der Waals surface area contributed by atoms with Crippen LogP contribution >= 0.6 is 11.6 Å². The van der Waals surface area contributed by atoms with Crippen molar-refractivity contribution in [1.29, 1.82) is 5.26 Å². The summed E-state index contributed by atoms with van der Waals surface area (Å²) in [5, 5.41) is 9.73. The number of rotatable bonds is 5. The van der Waals surface area contributed by atoms with E-state index >= 15 is 0 Å². The number of alkyl halides is 3. The van der Waals surface area contributed by atoms with Gasteiger partial charge < -0.3 is 4.74 Å². The summed E-state index contributed by atoms with van der Waals surface area (Å²) in [6.45, 7) is 3.91. The van der Waals surface area contributed by atoms with Gasteiger partial charge in [0.2, 0.25) is 0 Å². The maximum Gasteiger partial charge on any atom is 0.416 e. The van der Waals surface area contributed by atoms with E-state index in [0.717, 1.165) is 18.6 Å². The maximum atomic E-state index is 12.9. The fraction of sp³-hybridized carbons (Fsp3) is 0.250. The molecular formula is C20H17ClF3NO. The molecular weight excluding hydrogens is 363 g/mol. The Morgan fingerprint density at radius 2 is 2.00 bits per heavy atom. The zero-order valence-electron chi connectivity index (χ0n) is 14.3. The minimum Gasteiger partial charge on any atom is -0.489 e. The van der Waals surface area contributed by atoms with Crippen LogP contribution in [0.1, 0.15) is 37.0 Å². The molecule has 0 bridgehead atoms. The summed E-state index contributed by atoms with van der Waals surface area (Å²) in [6.07, 6.45) is -2.14. The molecule has 2 rings (SSSR count). The van der Waals surface area contributed by atoms with Crippen molar-refractivity contribution >= 4 is 23.3 Å². The molecule has 0 fully saturated rings. The first kappa shape index (κ1) is 19.9. The molecule has 0 radical (unpaired) electrons. The number of halogens is 4. The van der Waals surface area contributed by atoms with Gasteiger partial charge in [-0.25, -0.2) is 0 Å². The van der Waals surface area contributed by atoms with E-state index in [0.29, 0.717) is 16.3 Å². The van der Waals surface area contributed by atoms with Gasteiger partial charge in [0, 0.05) is 0 Å². The van der Waals surface area contributed by atoms with Crippen LogP contribution in [0.4, 0.5) is 13.2 Å². The van der Waals surface area contributed by atoms with Gasteiger partial charge in [-0.2, -0.15) is 18.4 Å². The molecule has 0 aliphatic rings. The third kappa shape index (κ3) is 5.03. The molecule has 0 aliphatic heterocycles. The number of benzene rings is 2. The van der Waals surface area contributed by atoms with E-state index in [9.17, 15) is 18.4 Å². The number of hydrogen-bond acceptors (Lipinski definition) is 2. The minimum atomic E-state index is -4.46. The molecule has 0 saturated heterocycles. The summed E-state index contributed by atoms with van der Waals surface area (Å²) in [5.74, 6) is 0.524. The zero-order chi connectivity index (χ0) is 19.3. The number of ether oxygens (including phenoxy) is 1. The Balaban J connectivity index is 2.35. The first-order valence-electron chi connectivity index (χ1n) is 8.00. The van der Waals surface area contributed by atoms with Gasteiger partial charge in [-0.05, 0) is 54.8 Å². The Labute approximate surface area is 155 Å². The van der Waals surface area contributed by atoms with Crippen molar-refractivity contribution in [3.05, 3.63) is 64.2 Å². The maximum absolute atomic E-state index is 12.9. The van der Waals surface area contributed by atoms with Crippen molar-refractivity contribution in [3.8, 4) is 11.8 Å². The Hall–Kier alpha value is -2.45. The molecule has 0 heterocycles. The first-order chi connectivity index (χ1) is 12.2. The van der Waals surface area contributed by atoms with Crippen molar-refractivity contribution in [1.82, 2.24) is 0 Å². The van der Waals surface area contributed by atoms with Crippen LogP contribution in [-0.2, 0) is 6.18 Å². The fourth-order valence-electron chi connectivity index (χ4n) is 2.21. The molecule has 0 amide bonds. The number of hydrogen-bond donors (Lipinski definition) is 0. The van der Waals surface area contributed by atoms with E-state index in [1.54, 1.807) is 18.2 Å². The molecule has 0 spiro atoms. The average Bonchev–Trinajstić information content (AvgIpc) is 2.61. The van der Waals surface area contributed by atoms with Crippen LogP contribution < -0.4 is 4.74 Å². The average molecular weight is 380 g/mol. The normalized spacial score (nSPS) is 13.2. The van der Waals surface area contributed by atoms with Crippen LogP contribution in [0.25, 0.3) is 11.6 Å². The van der Waals surface area contributed by atoms with Gasteiger partial charge in [0.25, 0.3) is 0 Å². The van der Waals surface area contributed by atoms with Crippen LogP contribution in [0.3, 0.4) is 0 Å². The van der Waals surface area contributed by atoms with Crippen LogP contribution in [-0.4, -0.2) is 6.10 Å². The van der Waals surface area contributed by atoms with E-state index in [2.05, 4.69) is 0 Å². The summed E-state index contributed by atoms with van der Waals surface area (Å²) in [4.78, 5) is 0. The number of nitriles is 1. The summed E-state index contributed by atoms with van der Waals surface area (Å²) in [7, 11) is 0. The SMILES string of the molecule is CC[C@H](C)Oc1ccc(/C=C(/C#N)c2cccc(C(F)(F)F)c2)cc1Cl. The molecule has 1 atom stereocenters. The largest absolute Gasteiger partial charge is 0.489 e. The minimum absolute atomic E-state index is 0.00803. The fourth-order valence-corrected chi connectivity index (χ4v) is 2.45. The summed E-state index contributed by atoms with van der Waals surface area (Å²) in [6, 6.07) is 11.6. The molecule has 0 unspecified atom stereocenters. The van der Waals surface area contributed by atoms with Gasteiger partial charge in [0.15, 0.2) is 0 Å². The molecule has 2 aromatic rings. The van der Waals surface area contributed by atoms with Crippen molar-refractivity contribution in [3.63, 3.8) is 0 Å². The topological polar surface area (TPSA) is 33.0 Å². The van der Waals surface area contributed by atoms with Gasteiger partial charge in [0.05, 0.1) is 28.3 Å². The Morgan fingerprint density at radius 1 is 1.27 bits per heavy atom. The second kappa shape index (κ2) is 8.29. The lowest BCUT2D eigenvalue weighted by Gasteiger charge is -2.14. The Kier molecular flexibility index (Phi) is 6.33. The van der Waals surface area contributed by atoms with Crippen LogP contribution in [0.15, 0.2) is 42.5 Å². The highest BCUT2D eigenvalue weighted by molar-refractivity contribution is 6.32. The molecule has 6 heteroatoms. The lowest BCUT2D eigenvalue weighted by Crippen LogP contribution is -2.09. The van der Waals surface area contributed by atoms with E-state index in [4.69, 9.17) is 16.3 Å². The summed E-state index contributed by atoms with van der Waals surface area (Å²) >= 11 is 6.20. The van der Waals surface area contributed by atoms with E-state index in [1.807, 2.05) is 19.9 Å². The van der Waals surface area contributed by atoms with Gasteiger partial charge in [-0.15, -0.1) is 0 Å². The van der Waals surface area contributed by atoms with Crippen LogP contribution in [0, 0.1) is 11.3 Å². The number of allylic oxidation sites excluding steroid dienone is 1. The highest BCUT2D eigenvalue weighted by Crippen LogP contribution is 2.32. The predicted molar refractivity (Wildman–Crippen MR) is 96.8 cm³/mol. The molecule has 0 aliphatic carbocycles. The third-order valence-corrected chi connectivity index (χ3v) is 4.09. The van der Waals surface area contributed by atoms with Gasteiger partial charge >= 0.3 is 6.18 Å². The molecule has 2 aromatic carbocycles. The van der Waals surface area contributed by atoms with E-state index < -0.39 is 11.7 Å². The molecule has 136 valence electrons. The third-order valence-electron chi connectivity index (χ3n) is 3.79. The standard InChI is InChI=1S/C20H17ClF3NO/c1-3-13(2)26-19-8-7-14(10-18(19)21)9-16(12-25)15-5-4-6-17(11-15)20(22,23)24/h4-11,13H,3H2,1-2H3/b16-9-/t13-/m0/s1. The quantitative estimate of drug-likeness (QED) is 0.433. The highest BCUT2D eigenvalue weighted by Gasteiger charge is 2.30. The smallest absolute Gasteiger partial charge is 0.416 e. The van der Waals surface area contributed by atoms with Gasteiger partial charge in [0.1, 0.15) is 5.75 Å². The Morgan fingerprint density at radius 3 is 2.58 bits per heavy atom. The number of nitrogens with zero attached hydrogens (tertiary/aromatic N) is 1. The van der Waals surface area contributed by atoms with Crippen LogP contribution in [0.2, 0.25) is 5.02 Å². The molecule has 0 saturated carbocycles. The van der Waals surface area contributed by atoms with Crippen molar-refractivity contribution in [2.45, 2.75) is 32.5 Å². The zero-order valence-corrected chi connectivity index (χ0v) is 15.0. The molecule has 0 N–H and O–H groups in total. The molecule has 0 aromatic heterocycles. The first-order valence-corrected chi connectivity index (χ1v) is 8.38. The second-order valence-corrected chi connectivity index (χ2v) is 6.18. The monoisotopic (exact) mass is 379 g/mol. The van der Waals surface area contributed by atoms with Crippen LogP contribution in [0.5, 0.6) is 5.75 Å². The lowest BCUT2D eigenvalue weighted by molar-refractivity contribution is -0.137. The molecule has 26 heavy (non-hydrogen) atoms.